The second kappa shape index (κ2) is 12.8. The van der Waals surface area contributed by atoms with Crippen LogP contribution in [0.3, 0.4) is 0 Å². The smallest absolute Gasteiger partial charge is 0.169 e. The van der Waals surface area contributed by atoms with E-state index in [4.69, 9.17) is 19.3 Å². The van der Waals surface area contributed by atoms with E-state index in [0.717, 1.165) is 18.8 Å². The maximum atomic E-state index is 11.3. The standard InChI is InChI=1S/C10H10O3.C6H14O2.C2H4/c11-6-7-1-2-8-9(12)3-4-13-10(8)5-7;1-4-7-6(3)8-5-2;1-2/h1-2,5,11H,3-4,6H2;6H,4-5H2,1-3H3;1-2H2. The highest BCUT2D eigenvalue weighted by Gasteiger charge is 2.17. The van der Waals surface area contributed by atoms with Gasteiger partial charge in [0.2, 0.25) is 0 Å². The van der Waals surface area contributed by atoms with Gasteiger partial charge in [-0.1, -0.05) is 6.07 Å². The van der Waals surface area contributed by atoms with Crippen molar-refractivity contribution >= 4 is 5.78 Å². The van der Waals surface area contributed by atoms with Gasteiger partial charge in [0.15, 0.2) is 12.1 Å². The van der Waals surface area contributed by atoms with E-state index in [1.165, 1.54) is 0 Å². The Morgan fingerprint density at radius 2 is 1.87 bits per heavy atom. The number of fused-ring (bicyclic) bond motifs is 1. The monoisotopic (exact) mass is 324 g/mol. The Balaban J connectivity index is 0.000000421. The molecule has 5 heteroatoms. The van der Waals surface area contributed by atoms with Crippen LogP contribution in [0.4, 0.5) is 0 Å². The number of aliphatic hydroxyl groups is 1. The van der Waals surface area contributed by atoms with Crippen molar-refractivity contribution in [2.45, 2.75) is 40.1 Å². The Bertz CT molecular complexity index is 453. The SMILES string of the molecule is C=C.CCOC(C)OCC.O=C1CCOc2cc(CO)ccc21. The van der Waals surface area contributed by atoms with Gasteiger partial charge in [0.05, 0.1) is 18.8 Å². The van der Waals surface area contributed by atoms with Crippen LogP contribution in [-0.2, 0) is 16.1 Å². The number of carbonyl (C=O) groups excluding carboxylic acids is 1. The van der Waals surface area contributed by atoms with Crippen molar-refractivity contribution in [3.05, 3.63) is 42.5 Å². The van der Waals surface area contributed by atoms with Gasteiger partial charge in [-0.25, -0.2) is 0 Å². The fourth-order valence-electron chi connectivity index (χ4n) is 1.92. The van der Waals surface area contributed by atoms with Crippen LogP contribution in [0.25, 0.3) is 0 Å². The van der Waals surface area contributed by atoms with Crippen LogP contribution in [-0.4, -0.2) is 37.0 Å². The average Bonchev–Trinajstić information content (AvgIpc) is 2.57. The number of rotatable bonds is 5. The second-order valence-corrected chi connectivity index (χ2v) is 4.49. The zero-order valence-corrected chi connectivity index (χ0v) is 14.3. The van der Waals surface area contributed by atoms with Gasteiger partial charge >= 0.3 is 0 Å². The summed E-state index contributed by atoms with van der Waals surface area (Å²) < 4.78 is 15.4. The van der Waals surface area contributed by atoms with Crippen molar-refractivity contribution in [3.8, 4) is 5.75 Å². The summed E-state index contributed by atoms with van der Waals surface area (Å²) in [5.41, 5.74) is 1.40. The van der Waals surface area contributed by atoms with Crippen LogP contribution in [0.1, 0.15) is 43.1 Å². The van der Waals surface area contributed by atoms with Crippen molar-refractivity contribution in [3.63, 3.8) is 0 Å². The van der Waals surface area contributed by atoms with Crippen molar-refractivity contribution in [1.29, 1.82) is 0 Å². The van der Waals surface area contributed by atoms with E-state index in [1.807, 2.05) is 20.8 Å². The molecule has 1 heterocycles. The molecule has 2 rings (SSSR count). The Kier molecular flexibility index (Phi) is 11.9. The highest BCUT2D eigenvalue weighted by molar-refractivity contribution is 5.99. The molecule has 1 N–H and O–H groups in total. The lowest BCUT2D eigenvalue weighted by Crippen LogP contribution is -2.15. The van der Waals surface area contributed by atoms with Gasteiger partial charge in [0.1, 0.15) is 5.75 Å². The summed E-state index contributed by atoms with van der Waals surface area (Å²) in [7, 11) is 0. The van der Waals surface area contributed by atoms with Gasteiger partial charge in [-0.3, -0.25) is 4.79 Å². The fraction of sp³-hybridized carbons (Fsp3) is 0.500. The maximum absolute atomic E-state index is 11.3. The topological polar surface area (TPSA) is 65.0 Å². The van der Waals surface area contributed by atoms with Gasteiger partial charge in [0.25, 0.3) is 0 Å². The number of ketones is 1. The normalized spacial score (nSPS) is 12.3. The number of aliphatic hydroxyl groups excluding tert-OH is 1. The summed E-state index contributed by atoms with van der Waals surface area (Å²) in [5, 5.41) is 8.86. The molecule has 0 aromatic heterocycles. The molecule has 1 aromatic carbocycles. The number of hydrogen-bond acceptors (Lipinski definition) is 5. The third-order valence-electron chi connectivity index (χ3n) is 2.92. The molecule has 0 amide bonds. The zero-order valence-electron chi connectivity index (χ0n) is 14.3. The molecule has 0 saturated carbocycles. The quantitative estimate of drug-likeness (QED) is 0.664. The van der Waals surface area contributed by atoms with Crippen molar-refractivity contribution < 1.29 is 24.1 Å². The number of Topliss-reactive ketones (excluding diaryl/α,β-unsaturated/α-hetero) is 1. The van der Waals surface area contributed by atoms with Gasteiger partial charge < -0.3 is 19.3 Å². The molecule has 0 spiro atoms. The molecule has 130 valence electrons. The van der Waals surface area contributed by atoms with E-state index >= 15 is 0 Å². The molecule has 1 aromatic rings. The Labute approximate surface area is 138 Å². The first-order valence-corrected chi connectivity index (χ1v) is 7.75. The number of carbonyl (C=O) groups is 1. The van der Waals surface area contributed by atoms with E-state index in [2.05, 4.69) is 13.2 Å². The number of benzene rings is 1. The minimum absolute atomic E-state index is 0.0230. The van der Waals surface area contributed by atoms with Crippen molar-refractivity contribution in [2.75, 3.05) is 19.8 Å². The molecule has 0 aliphatic carbocycles. The Hall–Kier alpha value is -1.69. The molecule has 0 saturated heterocycles. The molecule has 0 unspecified atom stereocenters. The van der Waals surface area contributed by atoms with Crippen molar-refractivity contribution in [1.82, 2.24) is 0 Å². The second-order valence-electron chi connectivity index (χ2n) is 4.49. The van der Waals surface area contributed by atoms with Crippen LogP contribution >= 0.6 is 0 Å². The van der Waals surface area contributed by atoms with Crippen molar-refractivity contribution in [2.24, 2.45) is 0 Å². The molecule has 0 bridgehead atoms. The van der Waals surface area contributed by atoms with Crippen LogP contribution < -0.4 is 4.74 Å². The summed E-state index contributed by atoms with van der Waals surface area (Å²) in [6, 6.07) is 5.17. The summed E-state index contributed by atoms with van der Waals surface area (Å²) in [4.78, 5) is 11.3. The third-order valence-corrected chi connectivity index (χ3v) is 2.92. The van der Waals surface area contributed by atoms with Gasteiger partial charge in [-0.05, 0) is 38.5 Å². The highest BCUT2D eigenvalue weighted by Crippen LogP contribution is 2.25. The van der Waals surface area contributed by atoms with E-state index in [9.17, 15) is 4.79 Å². The molecule has 0 radical (unpaired) electrons. The van der Waals surface area contributed by atoms with Crippen LogP contribution in [0, 0.1) is 0 Å². The van der Waals surface area contributed by atoms with E-state index < -0.39 is 0 Å². The molecule has 1 aliphatic rings. The predicted octanol–water partition coefficient (Wildman–Crippen LogP) is 3.35. The Morgan fingerprint density at radius 1 is 1.26 bits per heavy atom. The van der Waals surface area contributed by atoms with Gasteiger partial charge in [-0.2, -0.15) is 0 Å². The molecule has 0 atom stereocenters. The molecular weight excluding hydrogens is 296 g/mol. The van der Waals surface area contributed by atoms with E-state index in [1.54, 1.807) is 18.2 Å². The summed E-state index contributed by atoms with van der Waals surface area (Å²) in [5.74, 6) is 0.716. The number of ether oxygens (including phenoxy) is 3. The lowest BCUT2D eigenvalue weighted by Gasteiger charge is -2.16. The predicted molar refractivity (Wildman–Crippen MR) is 90.8 cm³/mol. The van der Waals surface area contributed by atoms with Crippen LogP contribution in [0.15, 0.2) is 31.4 Å². The van der Waals surface area contributed by atoms with Crippen LogP contribution in [0.5, 0.6) is 5.75 Å². The summed E-state index contributed by atoms with van der Waals surface area (Å²) in [6.07, 6.45) is 0.413. The maximum Gasteiger partial charge on any atom is 0.169 e. The van der Waals surface area contributed by atoms with Crippen LogP contribution in [0.2, 0.25) is 0 Å². The molecule has 5 nitrogen and oxygen atoms in total. The first kappa shape index (κ1) is 21.3. The Morgan fingerprint density at radius 3 is 2.39 bits per heavy atom. The third kappa shape index (κ3) is 7.93. The molecular formula is C18H28O5. The largest absolute Gasteiger partial charge is 0.492 e. The molecule has 23 heavy (non-hydrogen) atoms. The number of hydrogen-bond donors (Lipinski definition) is 1. The minimum Gasteiger partial charge on any atom is -0.492 e. The minimum atomic E-state index is -0.0370. The summed E-state index contributed by atoms with van der Waals surface area (Å²) >= 11 is 0. The van der Waals surface area contributed by atoms with Gasteiger partial charge in [0, 0.05) is 19.6 Å². The van der Waals surface area contributed by atoms with E-state index in [-0.39, 0.29) is 18.7 Å². The lowest BCUT2D eigenvalue weighted by atomic mass is 10.0. The lowest BCUT2D eigenvalue weighted by molar-refractivity contribution is -0.123. The first-order chi connectivity index (χ1) is 11.1. The van der Waals surface area contributed by atoms with Gasteiger partial charge in [-0.15, -0.1) is 13.2 Å². The fourth-order valence-corrected chi connectivity index (χ4v) is 1.92. The first-order valence-electron chi connectivity index (χ1n) is 7.75. The average molecular weight is 324 g/mol. The van der Waals surface area contributed by atoms with E-state index in [0.29, 0.717) is 24.3 Å². The summed E-state index contributed by atoms with van der Waals surface area (Å²) in [6.45, 7) is 13.7. The molecule has 1 aliphatic heterocycles. The zero-order chi connectivity index (χ0) is 17.7. The molecule has 0 fully saturated rings. The highest BCUT2D eigenvalue weighted by atomic mass is 16.7.